The van der Waals surface area contributed by atoms with Crippen LogP contribution in [0.5, 0.6) is 0 Å². The molecule has 9 heteroatoms. The predicted octanol–water partition coefficient (Wildman–Crippen LogP) is 5.51. The highest BCUT2D eigenvalue weighted by Gasteiger charge is 2.28. The minimum atomic E-state index is -0.950. The third-order valence-electron chi connectivity index (χ3n) is 7.79. The number of nitrogens with zero attached hydrogens (tertiary/aromatic N) is 2. The quantitative estimate of drug-likeness (QED) is 0.254. The first-order chi connectivity index (χ1) is 18.8. The summed E-state index contributed by atoms with van der Waals surface area (Å²) in [6, 6.07) is 13.2. The lowest BCUT2D eigenvalue weighted by Gasteiger charge is -2.29. The van der Waals surface area contributed by atoms with E-state index in [1.807, 2.05) is 51.1 Å². The van der Waals surface area contributed by atoms with Crippen molar-refractivity contribution in [2.24, 2.45) is 0 Å². The highest BCUT2D eigenvalue weighted by Crippen LogP contribution is 2.35. The standard InChI is InChI=1S/C30H31BClN3O4/c1-17-13-22(29-23(14-17)28(36)18(2)30(39-29)35-11-5-4-6-12-35)19(3)33-25-9-10-26(32)34-27(25)20-7-8-21-16-38-31(37)24(21)15-20/h7-10,13-15,19,33,37H,4-6,11-12,16H2,1-3H3. The first-order valence-corrected chi connectivity index (χ1v) is 13.9. The van der Waals surface area contributed by atoms with Gasteiger partial charge in [0.15, 0.2) is 5.43 Å². The zero-order valence-electron chi connectivity index (χ0n) is 22.4. The molecule has 4 heterocycles. The van der Waals surface area contributed by atoms with Crippen LogP contribution in [-0.2, 0) is 11.3 Å². The normalized spacial score (nSPS) is 16.0. The molecule has 2 aliphatic rings. The van der Waals surface area contributed by atoms with E-state index >= 15 is 0 Å². The Labute approximate surface area is 232 Å². The molecular formula is C30H31BClN3O4. The molecule has 2 aromatic heterocycles. The largest absolute Gasteiger partial charge is 0.491 e. The first kappa shape index (κ1) is 25.9. The number of hydrogen-bond acceptors (Lipinski definition) is 7. The highest BCUT2D eigenvalue weighted by molar-refractivity contribution is 6.61. The number of aromatic nitrogens is 1. The summed E-state index contributed by atoms with van der Waals surface area (Å²) in [5.41, 5.74) is 7.13. The smallest absolute Gasteiger partial charge is 0.440 e. The van der Waals surface area contributed by atoms with Gasteiger partial charge in [-0.3, -0.25) is 4.79 Å². The van der Waals surface area contributed by atoms with Crippen LogP contribution >= 0.6 is 11.6 Å². The van der Waals surface area contributed by atoms with E-state index in [-0.39, 0.29) is 11.5 Å². The lowest BCUT2D eigenvalue weighted by Crippen LogP contribution is -2.31. The van der Waals surface area contributed by atoms with Gasteiger partial charge in [-0.15, -0.1) is 0 Å². The van der Waals surface area contributed by atoms with Crippen LogP contribution in [0.2, 0.25) is 5.15 Å². The topological polar surface area (TPSA) is 87.8 Å². The average molecular weight is 544 g/mol. The SMILES string of the molecule is Cc1cc(C(C)Nc2ccc(Cl)nc2-c2ccc3c(c2)B(O)OC3)c2oc(N3CCCCC3)c(C)c(=O)c2c1. The molecule has 0 saturated carbocycles. The van der Waals surface area contributed by atoms with Gasteiger partial charge in [-0.05, 0) is 74.8 Å². The van der Waals surface area contributed by atoms with Crippen LogP contribution in [0.4, 0.5) is 11.6 Å². The van der Waals surface area contributed by atoms with Crippen molar-refractivity contribution in [2.45, 2.75) is 52.7 Å². The molecular weight excluding hydrogens is 513 g/mol. The average Bonchev–Trinajstić information content (AvgIpc) is 3.31. The first-order valence-electron chi connectivity index (χ1n) is 13.5. The Morgan fingerprint density at radius 2 is 1.90 bits per heavy atom. The zero-order chi connectivity index (χ0) is 27.3. The van der Waals surface area contributed by atoms with Crippen molar-refractivity contribution in [2.75, 3.05) is 23.3 Å². The van der Waals surface area contributed by atoms with Crippen molar-refractivity contribution in [1.29, 1.82) is 0 Å². The Morgan fingerprint density at radius 1 is 1.10 bits per heavy atom. The Bertz CT molecular complexity index is 1630. The molecule has 6 rings (SSSR count). The van der Waals surface area contributed by atoms with E-state index < -0.39 is 7.12 Å². The number of halogens is 1. The van der Waals surface area contributed by atoms with Gasteiger partial charge in [0.05, 0.1) is 35.0 Å². The third-order valence-corrected chi connectivity index (χ3v) is 8.00. The van der Waals surface area contributed by atoms with Crippen LogP contribution in [0.15, 0.2) is 51.7 Å². The van der Waals surface area contributed by atoms with Crippen LogP contribution in [0, 0.1) is 13.8 Å². The van der Waals surface area contributed by atoms with Crippen molar-refractivity contribution < 1.29 is 14.1 Å². The summed E-state index contributed by atoms with van der Waals surface area (Å²) in [4.78, 5) is 20.3. The van der Waals surface area contributed by atoms with E-state index in [1.54, 1.807) is 6.07 Å². The molecule has 1 saturated heterocycles. The summed E-state index contributed by atoms with van der Waals surface area (Å²) >= 11 is 6.32. The van der Waals surface area contributed by atoms with Crippen molar-refractivity contribution in [3.05, 3.63) is 80.1 Å². The van der Waals surface area contributed by atoms with Gasteiger partial charge in [0.1, 0.15) is 10.7 Å². The molecule has 2 aromatic carbocycles. The Morgan fingerprint density at radius 3 is 2.69 bits per heavy atom. The zero-order valence-corrected chi connectivity index (χ0v) is 23.1. The second-order valence-corrected chi connectivity index (χ2v) is 11.0. The van der Waals surface area contributed by atoms with Crippen LogP contribution in [0.25, 0.3) is 22.2 Å². The Hall–Kier alpha value is -3.33. The number of fused-ring (bicyclic) bond motifs is 2. The maximum atomic E-state index is 13.5. The van der Waals surface area contributed by atoms with Crippen molar-refractivity contribution in [3.8, 4) is 11.3 Å². The third kappa shape index (κ3) is 4.82. The molecule has 2 aliphatic heterocycles. The van der Waals surface area contributed by atoms with Gasteiger partial charge in [0.25, 0.3) is 0 Å². The summed E-state index contributed by atoms with van der Waals surface area (Å²) in [5.74, 6) is 0.678. The summed E-state index contributed by atoms with van der Waals surface area (Å²) in [6.45, 7) is 8.08. The number of nitrogens with one attached hydrogen (secondary N) is 1. The highest BCUT2D eigenvalue weighted by atomic mass is 35.5. The van der Waals surface area contributed by atoms with E-state index in [1.165, 1.54) is 6.42 Å². The van der Waals surface area contributed by atoms with E-state index in [0.717, 1.165) is 59.3 Å². The van der Waals surface area contributed by atoms with Gasteiger partial charge < -0.3 is 24.3 Å². The molecule has 1 fully saturated rings. The molecule has 39 heavy (non-hydrogen) atoms. The number of aryl methyl sites for hydroxylation is 1. The monoisotopic (exact) mass is 543 g/mol. The van der Waals surface area contributed by atoms with Gasteiger partial charge in [-0.2, -0.15) is 0 Å². The molecule has 1 atom stereocenters. The van der Waals surface area contributed by atoms with Crippen molar-refractivity contribution in [1.82, 2.24) is 4.98 Å². The number of anilines is 2. The van der Waals surface area contributed by atoms with Crippen LogP contribution in [-0.4, -0.2) is 30.2 Å². The summed E-state index contributed by atoms with van der Waals surface area (Å²) in [5, 5.41) is 14.8. The van der Waals surface area contributed by atoms with E-state index in [9.17, 15) is 9.82 Å². The van der Waals surface area contributed by atoms with E-state index in [2.05, 4.69) is 21.3 Å². The number of hydrogen-bond donors (Lipinski definition) is 2. The molecule has 0 aliphatic carbocycles. The van der Waals surface area contributed by atoms with Crippen LogP contribution in [0.1, 0.15) is 54.5 Å². The fourth-order valence-corrected chi connectivity index (χ4v) is 5.87. The van der Waals surface area contributed by atoms with Gasteiger partial charge >= 0.3 is 7.12 Å². The minimum absolute atomic E-state index is 0.0155. The Kier molecular flexibility index (Phi) is 6.87. The summed E-state index contributed by atoms with van der Waals surface area (Å²) in [6.07, 6.45) is 3.39. The van der Waals surface area contributed by atoms with E-state index in [4.69, 9.17) is 20.7 Å². The number of rotatable bonds is 5. The lowest BCUT2D eigenvalue weighted by molar-refractivity contribution is 0.275. The summed E-state index contributed by atoms with van der Waals surface area (Å²) in [7, 11) is -0.950. The number of pyridine rings is 1. The second-order valence-electron chi connectivity index (χ2n) is 10.6. The van der Waals surface area contributed by atoms with Crippen LogP contribution in [0.3, 0.4) is 0 Å². The fraction of sp³-hybridized carbons (Fsp3) is 0.333. The molecule has 4 aromatic rings. The lowest BCUT2D eigenvalue weighted by atomic mass is 9.78. The molecule has 1 unspecified atom stereocenters. The minimum Gasteiger partial charge on any atom is -0.440 e. The van der Waals surface area contributed by atoms with Gasteiger partial charge in [0.2, 0.25) is 5.88 Å². The van der Waals surface area contributed by atoms with Crippen molar-refractivity contribution >= 4 is 46.7 Å². The number of piperidine rings is 1. The fourth-order valence-electron chi connectivity index (χ4n) is 5.72. The van der Waals surface area contributed by atoms with Gasteiger partial charge in [-0.1, -0.05) is 35.9 Å². The molecule has 0 spiro atoms. The van der Waals surface area contributed by atoms with Crippen LogP contribution < -0.4 is 21.1 Å². The molecule has 0 bridgehead atoms. The Balaban J connectivity index is 1.42. The van der Waals surface area contributed by atoms with Gasteiger partial charge in [-0.25, -0.2) is 4.98 Å². The molecule has 2 N–H and O–H groups in total. The second kappa shape index (κ2) is 10.3. The maximum absolute atomic E-state index is 13.5. The maximum Gasteiger partial charge on any atom is 0.491 e. The summed E-state index contributed by atoms with van der Waals surface area (Å²) < 4.78 is 11.9. The molecule has 200 valence electrons. The predicted molar refractivity (Wildman–Crippen MR) is 157 cm³/mol. The van der Waals surface area contributed by atoms with Crippen molar-refractivity contribution in [3.63, 3.8) is 0 Å². The van der Waals surface area contributed by atoms with E-state index in [0.29, 0.717) is 39.9 Å². The number of benzene rings is 2. The molecule has 0 amide bonds. The molecule has 7 nitrogen and oxygen atoms in total. The molecule has 0 radical (unpaired) electrons. The van der Waals surface area contributed by atoms with Gasteiger partial charge in [0, 0.05) is 24.2 Å².